The monoisotopic (exact) mass is 584 g/mol. The first-order valence-corrected chi connectivity index (χ1v) is 15.3. The number of benzene rings is 1. The van der Waals surface area contributed by atoms with Crippen LogP contribution in [0, 0.1) is 11.8 Å². The van der Waals surface area contributed by atoms with E-state index in [9.17, 15) is 14.7 Å². The Bertz CT molecular complexity index is 1210. The molecule has 1 aromatic carbocycles. The Balaban J connectivity index is 1.69. The number of hydrogen-bond donors (Lipinski definition) is 3. The smallest absolute Gasteiger partial charge is 0.406 e. The number of halogens is 1. The highest BCUT2D eigenvalue weighted by atomic mass is 35.5. The lowest BCUT2D eigenvalue weighted by Crippen LogP contribution is -2.49. The summed E-state index contributed by atoms with van der Waals surface area (Å²) in [5.74, 6) is 0.339. The van der Waals surface area contributed by atoms with E-state index in [1.807, 2.05) is 30.1 Å². The highest BCUT2D eigenvalue weighted by Crippen LogP contribution is 2.45. The highest BCUT2D eigenvalue weighted by molar-refractivity contribution is 6.32. The van der Waals surface area contributed by atoms with Crippen LogP contribution in [0.3, 0.4) is 0 Å². The van der Waals surface area contributed by atoms with E-state index in [4.69, 9.17) is 16.3 Å². The Labute approximate surface area is 249 Å². The van der Waals surface area contributed by atoms with Gasteiger partial charge in [0.2, 0.25) is 5.91 Å². The largest absolute Gasteiger partial charge is 0.453 e. The number of rotatable bonds is 10. The number of alkyl carbamates (subject to hydrolysis) is 1. The topological polar surface area (TPSA) is 104 Å². The van der Waals surface area contributed by atoms with Gasteiger partial charge in [0.05, 0.1) is 12.7 Å². The van der Waals surface area contributed by atoms with Crippen LogP contribution in [0.4, 0.5) is 4.79 Å². The molecule has 9 heteroatoms. The molecule has 2 aromatic rings. The van der Waals surface area contributed by atoms with Crippen LogP contribution in [0.1, 0.15) is 75.8 Å². The van der Waals surface area contributed by atoms with Gasteiger partial charge in [0.1, 0.15) is 5.15 Å². The number of carbonyl (C=O) groups excluding carboxylic acids is 2. The molecule has 3 N–H and O–H groups in total. The van der Waals surface area contributed by atoms with Crippen LogP contribution in [-0.4, -0.2) is 66.8 Å². The SMILES string of the molecule is CN[C@H]1CC[C@@H](C(=O)N2CCC[C@@H]([C@@](O)(CCCNC(=O)OC)c3ccnc(Cl)c3-c3cccc(C(C)C)c3)C2)C1. The van der Waals surface area contributed by atoms with E-state index in [-0.39, 0.29) is 17.7 Å². The summed E-state index contributed by atoms with van der Waals surface area (Å²) >= 11 is 6.79. The average molecular weight is 585 g/mol. The third kappa shape index (κ3) is 7.22. The Hall–Kier alpha value is -2.68. The van der Waals surface area contributed by atoms with Crippen LogP contribution >= 0.6 is 11.6 Å². The number of likely N-dealkylation sites (tertiary alicyclic amines) is 1. The zero-order valence-electron chi connectivity index (χ0n) is 24.8. The fourth-order valence-corrected chi connectivity index (χ4v) is 6.86. The number of carbonyl (C=O) groups is 2. The van der Waals surface area contributed by atoms with Gasteiger partial charge in [-0.2, -0.15) is 0 Å². The molecule has 0 unspecified atom stereocenters. The lowest BCUT2D eigenvalue weighted by Gasteiger charge is -2.44. The molecule has 4 rings (SSSR count). The summed E-state index contributed by atoms with van der Waals surface area (Å²) in [5, 5.41) is 19.1. The molecule has 2 heterocycles. The number of ether oxygens (including phenoxy) is 1. The maximum Gasteiger partial charge on any atom is 0.406 e. The van der Waals surface area contributed by atoms with Gasteiger partial charge >= 0.3 is 6.09 Å². The Morgan fingerprint density at radius 3 is 2.76 bits per heavy atom. The molecule has 224 valence electrons. The second-order valence-electron chi connectivity index (χ2n) is 11.9. The highest BCUT2D eigenvalue weighted by Gasteiger charge is 2.44. The number of methoxy groups -OCH3 is 1. The summed E-state index contributed by atoms with van der Waals surface area (Å²) in [6.07, 6.45) is 6.40. The molecule has 8 nitrogen and oxygen atoms in total. The second kappa shape index (κ2) is 14.0. The van der Waals surface area contributed by atoms with Crippen molar-refractivity contribution in [1.29, 1.82) is 0 Å². The van der Waals surface area contributed by atoms with Crippen molar-refractivity contribution in [1.82, 2.24) is 20.5 Å². The molecule has 1 aliphatic heterocycles. The average Bonchev–Trinajstić information content (AvgIpc) is 3.48. The Morgan fingerprint density at radius 1 is 1.24 bits per heavy atom. The standard InChI is InChI=1S/C32H45ClN4O4/c1-21(2)22-8-5-9-23(18-22)28-27(13-16-35-29(28)33)32(40,14-7-15-36-31(39)41-4)25-10-6-17-37(20-25)30(38)24-11-12-26(19-24)34-3/h5,8-9,13,16,18,21,24-26,34,40H,6-7,10-12,14-15,17,19-20H2,1-4H3,(H,36,39)/t24-,25-,26+,32+/m1/s1. The van der Waals surface area contributed by atoms with Gasteiger partial charge in [-0.1, -0.05) is 49.7 Å². The van der Waals surface area contributed by atoms with Gasteiger partial charge in [-0.05, 0) is 80.7 Å². The first kappa shape index (κ1) is 31.3. The molecule has 1 aromatic heterocycles. The maximum atomic E-state index is 13.6. The number of nitrogens with one attached hydrogen (secondary N) is 2. The number of nitrogens with zero attached hydrogens (tertiary/aromatic N) is 2. The molecule has 1 saturated heterocycles. The molecule has 0 bridgehead atoms. The van der Waals surface area contributed by atoms with Gasteiger partial charge in [0.15, 0.2) is 0 Å². The van der Waals surface area contributed by atoms with Crippen LogP contribution < -0.4 is 10.6 Å². The minimum atomic E-state index is -1.30. The summed E-state index contributed by atoms with van der Waals surface area (Å²) in [4.78, 5) is 31.7. The fraction of sp³-hybridized carbons (Fsp3) is 0.594. The van der Waals surface area contributed by atoms with Gasteiger partial charge < -0.3 is 25.4 Å². The van der Waals surface area contributed by atoms with E-state index < -0.39 is 11.7 Å². The van der Waals surface area contributed by atoms with Crippen molar-refractivity contribution in [3.8, 4) is 11.1 Å². The molecule has 1 aliphatic carbocycles. The number of pyridine rings is 1. The number of aliphatic hydroxyl groups is 1. The maximum absolute atomic E-state index is 13.6. The van der Waals surface area contributed by atoms with Gasteiger partial charge in [0, 0.05) is 49.3 Å². The lowest BCUT2D eigenvalue weighted by atomic mass is 9.72. The number of amides is 2. The van der Waals surface area contributed by atoms with Gasteiger partial charge in [-0.3, -0.25) is 4.79 Å². The summed E-state index contributed by atoms with van der Waals surface area (Å²) in [6, 6.07) is 10.5. The van der Waals surface area contributed by atoms with Crippen molar-refractivity contribution in [2.75, 3.05) is 33.8 Å². The Kier molecular flexibility index (Phi) is 10.7. The van der Waals surface area contributed by atoms with Crippen LogP contribution in [0.15, 0.2) is 36.5 Å². The predicted molar refractivity (Wildman–Crippen MR) is 162 cm³/mol. The van der Waals surface area contributed by atoms with Crippen molar-refractivity contribution in [3.05, 3.63) is 52.8 Å². The van der Waals surface area contributed by atoms with Gasteiger partial charge in [0.25, 0.3) is 0 Å². The zero-order chi connectivity index (χ0) is 29.6. The van der Waals surface area contributed by atoms with E-state index in [0.29, 0.717) is 55.2 Å². The minimum Gasteiger partial charge on any atom is -0.453 e. The van der Waals surface area contributed by atoms with Crippen LogP contribution in [0.25, 0.3) is 11.1 Å². The fourth-order valence-electron chi connectivity index (χ4n) is 6.60. The molecule has 0 radical (unpaired) electrons. The van der Waals surface area contributed by atoms with Crippen LogP contribution in [0.5, 0.6) is 0 Å². The predicted octanol–water partition coefficient (Wildman–Crippen LogP) is 5.48. The van der Waals surface area contributed by atoms with E-state index in [1.165, 1.54) is 12.7 Å². The molecule has 2 fully saturated rings. The first-order chi connectivity index (χ1) is 19.7. The lowest BCUT2D eigenvalue weighted by molar-refractivity contribution is -0.140. The molecular weight excluding hydrogens is 540 g/mol. The number of aromatic nitrogens is 1. The van der Waals surface area contributed by atoms with Crippen LogP contribution in [0.2, 0.25) is 5.15 Å². The zero-order valence-corrected chi connectivity index (χ0v) is 25.5. The number of piperidine rings is 1. The third-order valence-corrected chi connectivity index (χ3v) is 9.29. The molecular formula is C32H45ClN4O4. The molecule has 1 saturated carbocycles. The van der Waals surface area contributed by atoms with Crippen molar-refractivity contribution >= 4 is 23.6 Å². The molecule has 2 amide bonds. The summed E-state index contributed by atoms with van der Waals surface area (Å²) in [5.41, 5.74) is 2.21. The van der Waals surface area contributed by atoms with E-state index >= 15 is 0 Å². The van der Waals surface area contributed by atoms with Gasteiger partial charge in [-0.15, -0.1) is 0 Å². The van der Waals surface area contributed by atoms with Crippen molar-refractivity contribution in [2.24, 2.45) is 11.8 Å². The quantitative estimate of drug-likeness (QED) is 0.252. The molecule has 0 spiro atoms. The molecule has 41 heavy (non-hydrogen) atoms. The summed E-state index contributed by atoms with van der Waals surface area (Å²) in [7, 11) is 3.29. The molecule has 4 atom stereocenters. The normalized spacial score (nSPS) is 22.4. The summed E-state index contributed by atoms with van der Waals surface area (Å²) in [6.45, 7) is 5.83. The van der Waals surface area contributed by atoms with E-state index in [2.05, 4.69) is 41.6 Å². The second-order valence-corrected chi connectivity index (χ2v) is 12.2. The van der Waals surface area contributed by atoms with E-state index in [1.54, 1.807) is 6.20 Å². The minimum absolute atomic E-state index is 0.0215. The third-order valence-electron chi connectivity index (χ3n) is 9.00. The number of hydrogen-bond acceptors (Lipinski definition) is 6. The van der Waals surface area contributed by atoms with Gasteiger partial charge in [-0.25, -0.2) is 9.78 Å². The Morgan fingerprint density at radius 2 is 2.05 bits per heavy atom. The van der Waals surface area contributed by atoms with E-state index in [0.717, 1.165) is 43.2 Å². The van der Waals surface area contributed by atoms with Crippen molar-refractivity contribution < 1.29 is 19.4 Å². The van der Waals surface area contributed by atoms with Crippen LogP contribution in [-0.2, 0) is 15.1 Å². The first-order valence-electron chi connectivity index (χ1n) is 14.9. The molecule has 2 aliphatic rings. The summed E-state index contributed by atoms with van der Waals surface area (Å²) < 4.78 is 4.72. The van der Waals surface area contributed by atoms with Crippen molar-refractivity contribution in [3.63, 3.8) is 0 Å². The van der Waals surface area contributed by atoms with Crippen molar-refractivity contribution in [2.45, 2.75) is 76.4 Å².